The number of carboxylic acids is 1. The number of hydrogen-bond donors (Lipinski definition) is 1. The summed E-state index contributed by atoms with van der Waals surface area (Å²) < 4.78 is 33.9. The summed E-state index contributed by atoms with van der Waals surface area (Å²) in [5.41, 5.74) is 2.17. The van der Waals surface area contributed by atoms with Crippen molar-refractivity contribution in [3.63, 3.8) is 0 Å². The number of rotatable bonds is 4. The molecule has 32 heavy (non-hydrogen) atoms. The highest BCUT2D eigenvalue weighted by Gasteiger charge is 2.38. The Morgan fingerprint density at radius 2 is 1.84 bits per heavy atom. The molecule has 1 fully saturated rings. The van der Waals surface area contributed by atoms with Crippen LogP contribution in [0.4, 0.5) is 13.2 Å². The highest BCUT2D eigenvalue weighted by Crippen LogP contribution is 2.17. The first kappa shape index (κ1) is 23.6. The Hall–Kier alpha value is -3.02. The van der Waals surface area contributed by atoms with Crippen LogP contribution in [-0.2, 0) is 35.6 Å². The van der Waals surface area contributed by atoms with E-state index in [9.17, 15) is 18.0 Å². The van der Waals surface area contributed by atoms with Gasteiger partial charge in [0.05, 0.1) is 12.2 Å². The quantitative estimate of drug-likeness (QED) is 0.751. The number of fused-ring (bicyclic) bond motifs is 1. The maximum atomic E-state index is 11.9. The number of aryl methyl sites for hydroxylation is 1. The van der Waals surface area contributed by atoms with Gasteiger partial charge in [-0.1, -0.05) is 6.07 Å². The van der Waals surface area contributed by atoms with E-state index in [1.807, 2.05) is 17.9 Å². The van der Waals surface area contributed by atoms with Crippen LogP contribution in [0.25, 0.3) is 0 Å². The van der Waals surface area contributed by atoms with E-state index in [2.05, 4.69) is 36.8 Å². The zero-order valence-electron chi connectivity index (χ0n) is 17.7. The Bertz CT molecular complexity index is 962. The van der Waals surface area contributed by atoms with Crippen LogP contribution in [0.3, 0.4) is 0 Å². The van der Waals surface area contributed by atoms with Crippen molar-refractivity contribution in [2.45, 2.75) is 52.0 Å². The predicted molar refractivity (Wildman–Crippen MR) is 106 cm³/mol. The van der Waals surface area contributed by atoms with E-state index in [1.165, 1.54) is 0 Å². The van der Waals surface area contributed by atoms with E-state index < -0.39 is 12.1 Å². The van der Waals surface area contributed by atoms with Crippen LogP contribution in [0.2, 0.25) is 0 Å². The van der Waals surface area contributed by atoms with Crippen LogP contribution in [0.1, 0.15) is 35.9 Å². The fourth-order valence-electron chi connectivity index (χ4n) is 3.66. The highest BCUT2D eigenvalue weighted by molar-refractivity contribution is 5.77. The summed E-state index contributed by atoms with van der Waals surface area (Å²) in [5.74, 6) is -0.576. The third kappa shape index (κ3) is 6.25. The molecule has 12 heteroatoms. The van der Waals surface area contributed by atoms with Gasteiger partial charge in [0.15, 0.2) is 5.82 Å². The van der Waals surface area contributed by atoms with Crippen molar-refractivity contribution in [2.75, 3.05) is 19.6 Å². The Balaban J connectivity index is 0.000000360. The van der Waals surface area contributed by atoms with Gasteiger partial charge in [0, 0.05) is 51.3 Å². The molecule has 2 aliphatic rings. The van der Waals surface area contributed by atoms with Gasteiger partial charge in [0.1, 0.15) is 5.82 Å². The van der Waals surface area contributed by atoms with Crippen molar-refractivity contribution in [1.82, 2.24) is 29.5 Å². The van der Waals surface area contributed by atoms with Crippen LogP contribution in [0.15, 0.2) is 18.2 Å². The number of hydrogen-bond acceptors (Lipinski definition) is 6. The number of amides is 1. The Morgan fingerprint density at radius 3 is 2.47 bits per heavy atom. The zero-order chi connectivity index (χ0) is 23.3. The molecule has 1 N–H and O–H groups in total. The summed E-state index contributed by atoms with van der Waals surface area (Å²) >= 11 is 0. The van der Waals surface area contributed by atoms with Crippen LogP contribution >= 0.6 is 0 Å². The first-order valence-corrected chi connectivity index (χ1v) is 10.3. The second-order valence-electron chi connectivity index (χ2n) is 7.70. The van der Waals surface area contributed by atoms with Crippen LogP contribution in [0, 0.1) is 6.92 Å². The molecule has 0 aliphatic carbocycles. The monoisotopic (exact) mass is 454 g/mol. The van der Waals surface area contributed by atoms with Gasteiger partial charge in [0.25, 0.3) is 0 Å². The van der Waals surface area contributed by atoms with E-state index in [0.717, 1.165) is 68.6 Å². The molecule has 2 aromatic heterocycles. The molecule has 1 amide bonds. The van der Waals surface area contributed by atoms with Crippen molar-refractivity contribution in [1.29, 1.82) is 0 Å². The van der Waals surface area contributed by atoms with Gasteiger partial charge < -0.3 is 14.6 Å². The summed E-state index contributed by atoms with van der Waals surface area (Å²) in [6.07, 6.45) is -2.58. The molecule has 0 atom stereocenters. The first-order valence-electron chi connectivity index (χ1n) is 10.3. The van der Waals surface area contributed by atoms with Gasteiger partial charge in [-0.05, 0) is 25.5 Å². The van der Waals surface area contributed by atoms with E-state index >= 15 is 0 Å². The smallest absolute Gasteiger partial charge is 0.475 e. The number of likely N-dealkylation sites (tertiary alicyclic amines) is 1. The van der Waals surface area contributed by atoms with Crippen molar-refractivity contribution < 1.29 is 27.9 Å². The third-order valence-corrected chi connectivity index (χ3v) is 5.27. The molecule has 2 aliphatic heterocycles. The van der Waals surface area contributed by atoms with Crippen molar-refractivity contribution in [3.8, 4) is 0 Å². The second kappa shape index (κ2) is 10.1. The minimum atomic E-state index is -5.08. The average molecular weight is 454 g/mol. The number of halogens is 3. The fourth-order valence-corrected chi connectivity index (χ4v) is 3.66. The summed E-state index contributed by atoms with van der Waals surface area (Å²) in [6, 6.07) is 6.18. The number of nitrogens with zero attached hydrogens (tertiary/aromatic N) is 6. The lowest BCUT2D eigenvalue weighted by molar-refractivity contribution is -0.192. The SMILES string of the molecule is Cc1cccc(CN2CCc3nnc(CN4CCCC4=O)n3CC2)n1.O=C(O)C(F)(F)F. The minimum absolute atomic E-state index is 0.234. The predicted octanol–water partition coefficient (Wildman–Crippen LogP) is 1.80. The number of aliphatic carboxylic acids is 1. The normalized spacial score (nSPS) is 16.9. The molecule has 9 nitrogen and oxygen atoms in total. The lowest BCUT2D eigenvalue weighted by atomic mass is 10.3. The summed E-state index contributed by atoms with van der Waals surface area (Å²) in [5, 5.41) is 15.8. The van der Waals surface area contributed by atoms with Crippen molar-refractivity contribution in [3.05, 3.63) is 41.2 Å². The molecule has 4 heterocycles. The molecule has 0 bridgehead atoms. The molecule has 4 rings (SSSR count). The van der Waals surface area contributed by atoms with Gasteiger partial charge in [-0.3, -0.25) is 14.7 Å². The van der Waals surface area contributed by atoms with Crippen molar-refractivity contribution in [2.24, 2.45) is 0 Å². The molecule has 174 valence electrons. The number of aromatic nitrogens is 4. The molecular formula is C20H25F3N6O3. The lowest BCUT2D eigenvalue weighted by Crippen LogP contribution is -2.28. The largest absolute Gasteiger partial charge is 0.490 e. The Morgan fingerprint density at radius 1 is 1.09 bits per heavy atom. The van der Waals surface area contributed by atoms with E-state index in [0.29, 0.717) is 13.0 Å². The topological polar surface area (TPSA) is 104 Å². The minimum Gasteiger partial charge on any atom is -0.475 e. The summed E-state index contributed by atoms with van der Waals surface area (Å²) in [7, 11) is 0. The number of carboxylic acid groups (broad SMARTS) is 1. The summed E-state index contributed by atoms with van der Waals surface area (Å²) in [6.45, 7) is 7.08. The fraction of sp³-hybridized carbons (Fsp3) is 0.550. The number of pyridine rings is 1. The number of carbonyl (C=O) groups excluding carboxylic acids is 1. The van der Waals surface area contributed by atoms with Crippen LogP contribution in [0.5, 0.6) is 0 Å². The first-order chi connectivity index (χ1) is 15.1. The molecule has 0 spiro atoms. The standard InChI is InChI=1S/C18H24N6O.C2HF3O2/c1-14-4-2-5-15(19-14)12-22-9-7-16-20-21-17(24(16)11-10-22)13-23-8-3-6-18(23)25;3-2(4,5)1(6)7/h2,4-5H,3,6-13H2,1H3;(H,6,7). The number of alkyl halides is 3. The van der Waals surface area contributed by atoms with Gasteiger partial charge in [-0.15, -0.1) is 10.2 Å². The maximum absolute atomic E-state index is 11.9. The highest BCUT2D eigenvalue weighted by atomic mass is 19.4. The summed E-state index contributed by atoms with van der Waals surface area (Å²) in [4.78, 5) is 29.7. The average Bonchev–Trinajstić information content (AvgIpc) is 3.24. The molecule has 0 aromatic carbocycles. The number of carbonyl (C=O) groups is 2. The molecule has 0 unspecified atom stereocenters. The van der Waals surface area contributed by atoms with E-state index in [4.69, 9.17) is 9.90 Å². The lowest BCUT2D eigenvalue weighted by Gasteiger charge is -2.19. The van der Waals surface area contributed by atoms with Crippen molar-refractivity contribution >= 4 is 11.9 Å². The van der Waals surface area contributed by atoms with Crippen LogP contribution in [-0.4, -0.2) is 72.3 Å². The molecule has 0 radical (unpaired) electrons. The van der Waals surface area contributed by atoms with E-state index in [-0.39, 0.29) is 5.91 Å². The third-order valence-electron chi connectivity index (χ3n) is 5.27. The van der Waals surface area contributed by atoms with Gasteiger partial charge >= 0.3 is 12.1 Å². The Labute approximate surface area is 182 Å². The zero-order valence-corrected chi connectivity index (χ0v) is 17.7. The maximum Gasteiger partial charge on any atom is 0.490 e. The van der Waals surface area contributed by atoms with Gasteiger partial charge in [-0.25, -0.2) is 4.79 Å². The van der Waals surface area contributed by atoms with Crippen LogP contribution < -0.4 is 0 Å². The Kier molecular flexibility index (Phi) is 7.44. The van der Waals surface area contributed by atoms with E-state index in [1.54, 1.807) is 0 Å². The second-order valence-corrected chi connectivity index (χ2v) is 7.70. The van der Waals surface area contributed by atoms with Gasteiger partial charge in [0.2, 0.25) is 5.91 Å². The van der Waals surface area contributed by atoms with Gasteiger partial charge in [-0.2, -0.15) is 13.2 Å². The molecular weight excluding hydrogens is 429 g/mol. The molecule has 1 saturated heterocycles. The molecule has 2 aromatic rings. The molecule has 0 saturated carbocycles.